The number of aromatic nitrogens is 3. The SMILES string of the molecule is CC(C)NC(=O)N(C)c1cnc2ccc(-c3ccc(OCCN(C)C)nc3)cc2n1. The molecule has 2 aromatic heterocycles. The van der Waals surface area contributed by atoms with Gasteiger partial charge in [0.1, 0.15) is 6.61 Å². The molecule has 0 unspecified atom stereocenters. The average molecular weight is 409 g/mol. The molecule has 3 aromatic rings. The standard InChI is InChI=1S/C22H28N6O2/c1-15(2)25-22(29)28(5)20-14-23-18-8-6-16(12-19(18)26-20)17-7-9-21(24-13-17)30-11-10-27(3)4/h6-9,12-15H,10-11H2,1-5H3,(H,25,29). The Kier molecular flexibility index (Phi) is 6.79. The van der Waals surface area contributed by atoms with Gasteiger partial charge < -0.3 is 15.0 Å². The smallest absolute Gasteiger partial charge is 0.323 e. The highest BCUT2D eigenvalue weighted by Crippen LogP contribution is 2.24. The van der Waals surface area contributed by atoms with Crippen LogP contribution in [0.3, 0.4) is 0 Å². The molecule has 2 amide bonds. The van der Waals surface area contributed by atoms with Crippen molar-refractivity contribution in [1.29, 1.82) is 0 Å². The van der Waals surface area contributed by atoms with Crippen LogP contribution in [0.2, 0.25) is 0 Å². The number of anilines is 1. The van der Waals surface area contributed by atoms with E-state index in [-0.39, 0.29) is 12.1 Å². The van der Waals surface area contributed by atoms with Crippen LogP contribution in [0.25, 0.3) is 22.2 Å². The van der Waals surface area contributed by atoms with Crippen molar-refractivity contribution in [3.8, 4) is 17.0 Å². The Morgan fingerprint density at radius 3 is 2.47 bits per heavy atom. The highest BCUT2D eigenvalue weighted by atomic mass is 16.5. The number of benzene rings is 1. The van der Waals surface area contributed by atoms with Crippen molar-refractivity contribution in [2.75, 3.05) is 39.2 Å². The van der Waals surface area contributed by atoms with Crippen LogP contribution in [-0.4, -0.2) is 66.2 Å². The molecule has 0 aliphatic carbocycles. The second kappa shape index (κ2) is 9.49. The fraction of sp³-hybridized carbons (Fsp3) is 0.364. The predicted octanol–water partition coefficient (Wildman–Crippen LogP) is 3.19. The highest BCUT2D eigenvalue weighted by molar-refractivity contribution is 5.91. The summed E-state index contributed by atoms with van der Waals surface area (Å²) in [7, 11) is 5.68. The number of ether oxygens (including phenoxy) is 1. The fourth-order valence-corrected chi connectivity index (χ4v) is 2.76. The monoisotopic (exact) mass is 408 g/mol. The van der Waals surface area contributed by atoms with Crippen molar-refractivity contribution in [1.82, 2.24) is 25.2 Å². The van der Waals surface area contributed by atoms with Gasteiger partial charge >= 0.3 is 6.03 Å². The zero-order chi connectivity index (χ0) is 21.7. The van der Waals surface area contributed by atoms with E-state index in [1.54, 1.807) is 19.4 Å². The number of rotatable bonds is 7. The van der Waals surface area contributed by atoms with Gasteiger partial charge in [-0.25, -0.2) is 14.8 Å². The lowest BCUT2D eigenvalue weighted by Crippen LogP contribution is -2.41. The minimum absolute atomic E-state index is 0.0438. The first kappa shape index (κ1) is 21.4. The Bertz CT molecular complexity index is 1000. The van der Waals surface area contributed by atoms with Gasteiger partial charge in [0.2, 0.25) is 5.88 Å². The number of nitrogens with zero attached hydrogens (tertiary/aromatic N) is 5. The van der Waals surface area contributed by atoms with E-state index < -0.39 is 0 Å². The molecule has 0 atom stereocenters. The Morgan fingerprint density at radius 2 is 1.80 bits per heavy atom. The zero-order valence-electron chi connectivity index (χ0n) is 18.1. The normalized spacial score (nSPS) is 11.2. The molecule has 0 spiro atoms. The van der Waals surface area contributed by atoms with Crippen molar-refractivity contribution in [3.63, 3.8) is 0 Å². The van der Waals surface area contributed by atoms with Crippen LogP contribution in [-0.2, 0) is 0 Å². The fourth-order valence-electron chi connectivity index (χ4n) is 2.76. The van der Waals surface area contributed by atoms with Crippen molar-refractivity contribution < 1.29 is 9.53 Å². The molecule has 8 nitrogen and oxygen atoms in total. The highest BCUT2D eigenvalue weighted by Gasteiger charge is 2.14. The summed E-state index contributed by atoms with van der Waals surface area (Å²) >= 11 is 0. The Labute approximate surface area is 176 Å². The number of urea groups is 1. The van der Waals surface area contributed by atoms with Gasteiger partial charge in [0.25, 0.3) is 0 Å². The van der Waals surface area contributed by atoms with Crippen molar-refractivity contribution in [3.05, 3.63) is 42.7 Å². The number of fused-ring (bicyclic) bond motifs is 1. The van der Waals surface area contributed by atoms with E-state index >= 15 is 0 Å². The van der Waals surface area contributed by atoms with E-state index in [1.807, 2.05) is 58.3 Å². The van der Waals surface area contributed by atoms with Crippen LogP contribution < -0.4 is 15.0 Å². The van der Waals surface area contributed by atoms with Crippen molar-refractivity contribution >= 4 is 22.9 Å². The van der Waals surface area contributed by atoms with Crippen molar-refractivity contribution in [2.45, 2.75) is 19.9 Å². The van der Waals surface area contributed by atoms with Gasteiger partial charge in [-0.3, -0.25) is 9.88 Å². The third-order valence-corrected chi connectivity index (χ3v) is 4.45. The maximum absolute atomic E-state index is 12.2. The van der Waals surface area contributed by atoms with E-state index in [0.29, 0.717) is 23.8 Å². The van der Waals surface area contributed by atoms with Crippen LogP contribution in [0.4, 0.5) is 10.6 Å². The molecular formula is C22H28N6O2. The quantitative estimate of drug-likeness (QED) is 0.646. The van der Waals surface area contributed by atoms with Crippen LogP contribution in [0.1, 0.15) is 13.8 Å². The molecule has 8 heteroatoms. The summed E-state index contributed by atoms with van der Waals surface area (Å²) in [5.41, 5.74) is 3.39. The summed E-state index contributed by atoms with van der Waals surface area (Å²) in [6, 6.07) is 9.50. The lowest BCUT2D eigenvalue weighted by Gasteiger charge is -2.18. The molecule has 0 bridgehead atoms. The topological polar surface area (TPSA) is 83.5 Å². The predicted molar refractivity (Wildman–Crippen MR) is 119 cm³/mol. The van der Waals surface area contributed by atoms with Gasteiger partial charge in [-0.05, 0) is 51.7 Å². The number of hydrogen-bond donors (Lipinski definition) is 1. The van der Waals surface area contributed by atoms with E-state index in [2.05, 4.69) is 25.2 Å². The summed E-state index contributed by atoms with van der Waals surface area (Å²) in [4.78, 5) is 29.2. The van der Waals surface area contributed by atoms with E-state index in [9.17, 15) is 4.79 Å². The first-order chi connectivity index (χ1) is 14.3. The third kappa shape index (κ3) is 5.42. The van der Waals surface area contributed by atoms with Crippen LogP contribution in [0.15, 0.2) is 42.7 Å². The van der Waals surface area contributed by atoms with Gasteiger partial charge in [-0.2, -0.15) is 0 Å². The lowest BCUT2D eigenvalue weighted by molar-refractivity contribution is 0.245. The number of pyridine rings is 1. The van der Waals surface area contributed by atoms with Crippen LogP contribution in [0, 0.1) is 0 Å². The Morgan fingerprint density at radius 1 is 1.03 bits per heavy atom. The number of hydrogen-bond acceptors (Lipinski definition) is 6. The first-order valence-corrected chi connectivity index (χ1v) is 9.88. The van der Waals surface area contributed by atoms with E-state index in [4.69, 9.17) is 4.74 Å². The first-order valence-electron chi connectivity index (χ1n) is 9.88. The van der Waals surface area contributed by atoms with E-state index in [1.165, 1.54) is 4.90 Å². The molecular weight excluding hydrogens is 380 g/mol. The average Bonchev–Trinajstić information content (AvgIpc) is 2.72. The molecule has 0 aliphatic rings. The van der Waals surface area contributed by atoms with Crippen LogP contribution in [0.5, 0.6) is 5.88 Å². The molecule has 158 valence electrons. The molecule has 1 aromatic carbocycles. The van der Waals surface area contributed by atoms with Gasteiger partial charge in [0.15, 0.2) is 5.82 Å². The van der Waals surface area contributed by atoms with Gasteiger partial charge in [-0.1, -0.05) is 6.07 Å². The summed E-state index contributed by atoms with van der Waals surface area (Å²) in [5, 5.41) is 2.85. The number of amides is 2. The van der Waals surface area contributed by atoms with Gasteiger partial charge in [0.05, 0.1) is 17.2 Å². The minimum Gasteiger partial charge on any atom is -0.476 e. The lowest BCUT2D eigenvalue weighted by atomic mass is 10.1. The molecule has 0 radical (unpaired) electrons. The van der Waals surface area contributed by atoms with Crippen LogP contribution >= 0.6 is 0 Å². The molecule has 2 heterocycles. The summed E-state index contributed by atoms with van der Waals surface area (Å²) in [6.07, 6.45) is 3.38. The number of likely N-dealkylation sites (N-methyl/N-ethyl adjacent to an activating group) is 1. The summed E-state index contributed by atoms with van der Waals surface area (Å²) in [6.45, 7) is 5.25. The maximum Gasteiger partial charge on any atom is 0.323 e. The molecule has 0 fully saturated rings. The molecule has 3 rings (SSSR count). The zero-order valence-corrected chi connectivity index (χ0v) is 18.1. The number of carbonyl (C=O) groups excluding carboxylic acids is 1. The van der Waals surface area contributed by atoms with Crippen molar-refractivity contribution in [2.24, 2.45) is 0 Å². The minimum atomic E-state index is -0.219. The summed E-state index contributed by atoms with van der Waals surface area (Å²) in [5.74, 6) is 1.09. The third-order valence-electron chi connectivity index (χ3n) is 4.45. The molecule has 0 saturated carbocycles. The number of carbonyl (C=O) groups is 1. The van der Waals surface area contributed by atoms with E-state index in [0.717, 1.165) is 23.2 Å². The van der Waals surface area contributed by atoms with Gasteiger partial charge in [0, 0.05) is 37.5 Å². The Balaban J connectivity index is 1.79. The molecule has 30 heavy (non-hydrogen) atoms. The second-order valence-corrected chi connectivity index (χ2v) is 7.63. The number of nitrogens with one attached hydrogen (secondary N) is 1. The second-order valence-electron chi connectivity index (χ2n) is 7.63. The maximum atomic E-state index is 12.2. The van der Waals surface area contributed by atoms with Gasteiger partial charge in [-0.15, -0.1) is 0 Å². The molecule has 0 aliphatic heterocycles. The molecule has 0 saturated heterocycles. The summed E-state index contributed by atoms with van der Waals surface area (Å²) < 4.78 is 5.65. The molecule has 1 N–H and O–H groups in total. The largest absolute Gasteiger partial charge is 0.476 e. The Hall–Kier alpha value is -3.26.